The molecule has 0 atom stereocenters. The molecule has 1 aromatic carbocycles. The Balaban J connectivity index is 1.89. The van der Waals surface area contributed by atoms with Gasteiger partial charge >= 0.3 is 0 Å². The third kappa shape index (κ3) is 4.82. The first-order valence-electron chi connectivity index (χ1n) is 7.05. The molecule has 2 rings (SSSR count). The fraction of sp³-hybridized carbons (Fsp3) is 0.250. The van der Waals surface area contributed by atoms with E-state index in [1.54, 1.807) is 19.1 Å². The van der Waals surface area contributed by atoms with Crippen LogP contribution in [-0.2, 0) is 11.3 Å². The van der Waals surface area contributed by atoms with Gasteiger partial charge in [-0.3, -0.25) is 9.59 Å². The molecule has 1 heterocycles. The Morgan fingerprint density at radius 2 is 1.91 bits per heavy atom. The second-order valence-electron chi connectivity index (χ2n) is 4.83. The summed E-state index contributed by atoms with van der Waals surface area (Å²) < 4.78 is 17.9. The number of amides is 2. The molecule has 122 valence electrons. The summed E-state index contributed by atoms with van der Waals surface area (Å²) in [6.07, 6.45) is 0. The van der Waals surface area contributed by atoms with Crippen LogP contribution in [-0.4, -0.2) is 29.8 Å². The van der Waals surface area contributed by atoms with E-state index in [2.05, 4.69) is 5.32 Å². The lowest BCUT2D eigenvalue weighted by Crippen LogP contribution is -2.40. The van der Waals surface area contributed by atoms with Crippen LogP contribution >= 0.6 is 11.6 Å². The number of likely N-dealkylation sites (N-methyl/N-ethyl adjacent to an activating group) is 1. The Labute approximate surface area is 138 Å². The maximum absolute atomic E-state index is 12.8. The SMILES string of the molecule is CCN(CC(=O)NCc1ccc(F)cc1)C(=O)c1ccc(Cl)o1. The van der Waals surface area contributed by atoms with Crippen LogP contribution in [0.5, 0.6) is 0 Å². The largest absolute Gasteiger partial charge is 0.440 e. The molecule has 5 nitrogen and oxygen atoms in total. The van der Waals surface area contributed by atoms with E-state index >= 15 is 0 Å². The van der Waals surface area contributed by atoms with Gasteiger partial charge in [-0.15, -0.1) is 0 Å². The molecule has 0 saturated carbocycles. The van der Waals surface area contributed by atoms with E-state index in [-0.39, 0.29) is 35.8 Å². The summed E-state index contributed by atoms with van der Waals surface area (Å²) in [5, 5.41) is 2.80. The summed E-state index contributed by atoms with van der Waals surface area (Å²) in [6.45, 7) is 2.27. The summed E-state index contributed by atoms with van der Waals surface area (Å²) in [6, 6.07) is 8.75. The molecule has 0 aliphatic heterocycles. The zero-order valence-corrected chi connectivity index (χ0v) is 13.3. The first-order chi connectivity index (χ1) is 11.0. The minimum Gasteiger partial charge on any atom is -0.440 e. The van der Waals surface area contributed by atoms with Crippen LogP contribution in [0.15, 0.2) is 40.8 Å². The standard InChI is InChI=1S/C16H16ClFN2O3/c1-2-20(16(22)13-7-8-14(17)23-13)10-15(21)19-9-11-3-5-12(18)6-4-11/h3-8H,2,9-10H2,1H3,(H,19,21). The zero-order valence-electron chi connectivity index (χ0n) is 12.5. The lowest BCUT2D eigenvalue weighted by molar-refractivity contribution is -0.121. The van der Waals surface area contributed by atoms with Gasteiger partial charge in [-0.1, -0.05) is 12.1 Å². The molecule has 0 radical (unpaired) electrons. The Kier molecular flexibility index (Phi) is 5.76. The molecule has 0 aliphatic rings. The molecule has 0 bridgehead atoms. The number of nitrogens with one attached hydrogen (secondary N) is 1. The van der Waals surface area contributed by atoms with Crippen molar-refractivity contribution in [3.8, 4) is 0 Å². The van der Waals surface area contributed by atoms with Crippen molar-refractivity contribution in [2.75, 3.05) is 13.1 Å². The van der Waals surface area contributed by atoms with Gasteiger partial charge in [0.15, 0.2) is 11.0 Å². The second-order valence-corrected chi connectivity index (χ2v) is 5.20. The first kappa shape index (κ1) is 17.0. The number of carbonyl (C=O) groups is 2. The molecule has 2 amide bonds. The fourth-order valence-corrected chi connectivity index (χ4v) is 2.09. The number of nitrogens with zero attached hydrogens (tertiary/aromatic N) is 1. The highest BCUT2D eigenvalue weighted by atomic mass is 35.5. The summed E-state index contributed by atoms with van der Waals surface area (Å²) >= 11 is 5.64. The normalized spacial score (nSPS) is 10.4. The van der Waals surface area contributed by atoms with Gasteiger partial charge in [-0.25, -0.2) is 4.39 Å². The van der Waals surface area contributed by atoms with Gasteiger partial charge < -0.3 is 14.6 Å². The molecule has 0 aliphatic carbocycles. The molecule has 2 aromatic rings. The lowest BCUT2D eigenvalue weighted by atomic mass is 10.2. The molecule has 7 heteroatoms. The number of halogens is 2. The predicted molar refractivity (Wildman–Crippen MR) is 83.5 cm³/mol. The Morgan fingerprint density at radius 3 is 2.48 bits per heavy atom. The molecular weight excluding hydrogens is 323 g/mol. The number of hydrogen-bond acceptors (Lipinski definition) is 3. The molecule has 23 heavy (non-hydrogen) atoms. The van der Waals surface area contributed by atoms with E-state index in [1.165, 1.54) is 29.2 Å². The second kappa shape index (κ2) is 7.78. The monoisotopic (exact) mass is 338 g/mol. The average Bonchev–Trinajstić information content (AvgIpc) is 2.98. The highest BCUT2D eigenvalue weighted by molar-refractivity contribution is 6.29. The molecule has 1 aromatic heterocycles. The van der Waals surface area contributed by atoms with Crippen molar-refractivity contribution in [1.29, 1.82) is 0 Å². The minimum atomic E-state index is -0.406. The van der Waals surface area contributed by atoms with Crippen LogP contribution in [0.1, 0.15) is 23.0 Å². The first-order valence-corrected chi connectivity index (χ1v) is 7.43. The summed E-state index contributed by atoms with van der Waals surface area (Å²) in [5.41, 5.74) is 0.770. The van der Waals surface area contributed by atoms with Gasteiger partial charge in [0, 0.05) is 13.1 Å². The molecule has 0 fully saturated rings. The highest BCUT2D eigenvalue weighted by Crippen LogP contribution is 2.15. The van der Waals surface area contributed by atoms with Gasteiger partial charge in [0.2, 0.25) is 5.91 Å². The Hall–Kier alpha value is -2.34. The van der Waals surface area contributed by atoms with Crippen molar-refractivity contribution in [3.05, 3.63) is 58.8 Å². The van der Waals surface area contributed by atoms with Gasteiger partial charge in [-0.2, -0.15) is 0 Å². The van der Waals surface area contributed by atoms with Crippen LogP contribution in [0, 0.1) is 5.82 Å². The van der Waals surface area contributed by atoms with Crippen molar-refractivity contribution in [1.82, 2.24) is 10.2 Å². The van der Waals surface area contributed by atoms with Crippen LogP contribution in [0.3, 0.4) is 0 Å². The van der Waals surface area contributed by atoms with Crippen LogP contribution < -0.4 is 5.32 Å². The number of benzene rings is 1. The number of furan rings is 1. The van der Waals surface area contributed by atoms with Crippen LogP contribution in [0.25, 0.3) is 0 Å². The third-order valence-corrected chi connectivity index (χ3v) is 3.39. The molecular formula is C16H16ClFN2O3. The summed E-state index contributed by atoms with van der Waals surface area (Å²) in [5.74, 6) is -0.971. The van der Waals surface area contributed by atoms with Gasteiger partial charge in [-0.05, 0) is 48.4 Å². The number of carbonyl (C=O) groups excluding carboxylic acids is 2. The quantitative estimate of drug-likeness (QED) is 0.881. The Morgan fingerprint density at radius 1 is 1.22 bits per heavy atom. The maximum atomic E-state index is 12.8. The number of hydrogen-bond donors (Lipinski definition) is 1. The zero-order chi connectivity index (χ0) is 16.8. The molecule has 1 N–H and O–H groups in total. The minimum absolute atomic E-state index is 0.0863. The van der Waals surface area contributed by atoms with E-state index in [1.807, 2.05) is 0 Å². The van der Waals surface area contributed by atoms with E-state index < -0.39 is 5.91 Å². The smallest absolute Gasteiger partial charge is 0.290 e. The topological polar surface area (TPSA) is 62.6 Å². The van der Waals surface area contributed by atoms with Crippen LogP contribution in [0.4, 0.5) is 4.39 Å². The van der Waals surface area contributed by atoms with E-state index in [0.29, 0.717) is 6.54 Å². The summed E-state index contributed by atoms with van der Waals surface area (Å²) in [4.78, 5) is 25.5. The van der Waals surface area contributed by atoms with Gasteiger partial charge in [0.1, 0.15) is 5.82 Å². The Bertz CT molecular complexity index is 685. The van der Waals surface area contributed by atoms with Crippen molar-refractivity contribution >= 4 is 23.4 Å². The van der Waals surface area contributed by atoms with Gasteiger partial charge in [0.05, 0.1) is 6.54 Å². The van der Waals surface area contributed by atoms with E-state index in [4.69, 9.17) is 16.0 Å². The molecule has 0 spiro atoms. The molecule has 0 unspecified atom stereocenters. The lowest BCUT2D eigenvalue weighted by Gasteiger charge is -2.19. The summed E-state index contributed by atoms with van der Waals surface area (Å²) in [7, 11) is 0. The number of rotatable bonds is 6. The fourth-order valence-electron chi connectivity index (χ4n) is 1.94. The van der Waals surface area contributed by atoms with Gasteiger partial charge in [0.25, 0.3) is 5.91 Å². The van der Waals surface area contributed by atoms with Crippen LogP contribution in [0.2, 0.25) is 5.22 Å². The van der Waals surface area contributed by atoms with E-state index in [9.17, 15) is 14.0 Å². The van der Waals surface area contributed by atoms with Crippen molar-refractivity contribution in [2.24, 2.45) is 0 Å². The highest BCUT2D eigenvalue weighted by Gasteiger charge is 2.20. The molecule has 0 saturated heterocycles. The van der Waals surface area contributed by atoms with Crippen molar-refractivity contribution in [2.45, 2.75) is 13.5 Å². The van der Waals surface area contributed by atoms with Crippen molar-refractivity contribution < 1.29 is 18.4 Å². The predicted octanol–water partition coefficient (Wildman–Crippen LogP) is 2.85. The van der Waals surface area contributed by atoms with E-state index in [0.717, 1.165) is 5.56 Å². The third-order valence-electron chi connectivity index (χ3n) is 3.19. The average molecular weight is 339 g/mol. The maximum Gasteiger partial charge on any atom is 0.290 e. The van der Waals surface area contributed by atoms with Crippen molar-refractivity contribution in [3.63, 3.8) is 0 Å².